The molecule has 2 unspecified atom stereocenters. The zero-order valence-corrected chi connectivity index (χ0v) is 12.1. The third kappa shape index (κ3) is 2.47. The first-order valence-electron chi connectivity index (χ1n) is 6.97. The van der Waals surface area contributed by atoms with E-state index < -0.39 is 0 Å². The lowest BCUT2D eigenvalue weighted by molar-refractivity contribution is -0.384. The van der Waals surface area contributed by atoms with Gasteiger partial charge in [-0.1, -0.05) is 11.6 Å². The van der Waals surface area contributed by atoms with Gasteiger partial charge in [0.1, 0.15) is 5.69 Å². The quantitative estimate of drug-likeness (QED) is 0.687. The van der Waals surface area contributed by atoms with E-state index in [9.17, 15) is 10.1 Å². The lowest BCUT2D eigenvalue weighted by Crippen LogP contribution is -2.44. The van der Waals surface area contributed by atoms with Crippen LogP contribution in [0.3, 0.4) is 0 Å². The van der Waals surface area contributed by atoms with Crippen molar-refractivity contribution in [3.63, 3.8) is 0 Å². The minimum Gasteiger partial charge on any atom is -0.377 e. The van der Waals surface area contributed by atoms with Gasteiger partial charge in [-0.2, -0.15) is 0 Å². The van der Waals surface area contributed by atoms with E-state index in [2.05, 4.69) is 17.3 Å². The van der Waals surface area contributed by atoms with E-state index in [0.717, 1.165) is 12.8 Å². The van der Waals surface area contributed by atoms with Gasteiger partial charge in [0.25, 0.3) is 5.69 Å². The average Bonchev–Trinajstić information content (AvgIpc) is 2.62. The molecule has 2 bridgehead atoms. The van der Waals surface area contributed by atoms with Crippen LogP contribution >= 0.6 is 11.6 Å². The molecule has 0 aliphatic carbocycles. The van der Waals surface area contributed by atoms with Crippen LogP contribution in [0.2, 0.25) is 5.02 Å². The highest BCUT2D eigenvalue weighted by molar-refractivity contribution is 6.31. The Morgan fingerprint density at radius 3 is 2.60 bits per heavy atom. The minimum atomic E-state index is -0.359. The maximum Gasteiger partial charge on any atom is 0.292 e. The Morgan fingerprint density at radius 2 is 2.00 bits per heavy atom. The fraction of sp³-hybridized carbons (Fsp3) is 0.571. The molecule has 20 heavy (non-hydrogen) atoms. The molecule has 5 nitrogen and oxygen atoms in total. The topological polar surface area (TPSA) is 58.4 Å². The number of nitro benzene ring substituents is 1. The summed E-state index contributed by atoms with van der Waals surface area (Å²) in [5.41, 5.74) is 0.636. The molecule has 0 spiro atoms. The van der Waals surface area contributed by atoms with Crippen LogP contribution in [0, 0.1) is 10.1 Å². The van der Waals surface area contributed by atoms with E-state index in [-0.39, 0.29) is 10.6 Å². The first-order valence-corrected chi connectivity index (χ1v) is 7.35. The summed E-state index contributed by atoms with van der Waals surface area (Å²) < 4.78 is 0. The van der Waals surface area contributed by atoms with Crippen LogP contribution in [0.25, 0.3) is 0 Å². The third-order valence-electron chi connectivity index (χ3n) is 4.61. The Labute approximate surface area is 123 Å². The molecule has 1 aromatic rings. The Morgan fingerprint density at radius 1 is 1.35 bits per heavy atom. The molecule has 0 aromatic heterocycles. The standard InChI is InChI=1S/C14H18ClN3O2/c1-17-11-3-4-12(17)8-10(7-11)16-13-6-9(15)2-5-14(13)18(19)20/h2,5-6,10-12,16H,3-4,7-8H2,1H3. The first kappa shape index (κ1) is 13.6. The van der Waals surface area contributed by atoms with Crippen LogP contribution in [0.1, 0.15) is 25.7 Å². The van der Waals surface area contributed by atoms with E-state index >= 15 is 0 Å². The maximum atomic E-state index is 11.1. The summed E-state index contributed by atoms with van der Waals surface area (Å²) in [6, 6.07) is 6.17. The number of halogens is 1. The van der Waals surface area contributed by atoms with Crippen molar-refractivity contribution in [2.45, 2.75) is 43.8 Å². The van der Waals surface area contributed by atoms with E-state index in [1.165, 1.54) is 18.9 Å². The van der Waals surface area contributed by atoms with Crippen molar-refractivity contribution < 1.29 is 4.92 Å². The van der Waals surface area contributed by atoms with Crippen molar-refractivity contribution in [1.82, 2.24) is 4.90 Å². The normalized spacial score (nSPS) is 29.4. The molecule has 2 aliphatic heterocycles. The van der Waals surface area contributed by atoms with Gasteiger partial charge in [0.15, 0.2) is 0 Å². The Hall–Kier alpha value is -1.33. The second kappa shape index (κ2) is 5.22. The van der Waals surface area contributed by atoms with Gasteiger partial charge in [0, 0.05) is 29.2 Å². The monoisotopic (exact) mass is 295 g/mol. The maximum absolute atomic E-state index is 11.1. The van der Waals surface area contributed by atoms with Crippen molar-refractivity contribution in [3.05, 3.63) is 33.3 Å². The van der Waals surface area contributed by atoms with E-state index in [4.69, 9.17) is 11.6 Å². The van der Waals surface area contributed by atoms with Crippen molar-refractivity contribution in [2.75, 3.05) is 12.4 Å². The molecule has 2 saturated heterocycles. The minimum absolute atomic E-state index is 0.0978. The number of benzene rings is 1. The highest BCUT2D eigenvalue weighted by atomic mass is 35.5. The number of nitrogens with one attached hydrogen (secondary N) is 1. The molecule has 6 heteroatoms. The predicted molar refractivity (Wildman–Crippen MR) is 79.3 cm³/mol. The van der Waals surface area contributed by atoms with Crippen LogP contribution < -0.4 is 5.32 Å². The van der Waals surface area contributed by atoms with Crippen LogP contribution in [0.15, 0.2) is 18.2 Å². The van der Waals surface area contributed by atoms with Crippen LogP contribution in [-0.2, 0) is 0 Å². The number of fused-ring (bicyclic) bond motifs is 2. The zero-order valence-electron chi connectivity index (χ0n) is 11.4. The molecule has 2 aliphatic rings. The molecular formula is C14H18ClN3O2. The van der Waals surface area contributed by atoms with Gasteiger partial charge in [-0.15, -0.1) is 0 Å². The highest BCUT2D eigenvalue weighted by Crippen LogP contribution is 2.37. The van der Waals surface area contributed by atoms with E-state index in [0.29, 0.717) is 28.8 Å². The van der Waals surface area contributed by atoms with Crippen molar-refractivity contribution in [1.29, 1.82) is 0 Å². The largest absolute Gasteiger partial charge is 0.377 e. The third-order valence-corrected chi connectivity index (χ3v) is 4.85. The Kier molecular flexibility index (Phi) is 3.56. The van der Waals surface area contributed by atoms with Crippen molar-refractivity contribution >= 4 is 23.0 Å². The molecular weight excluding hydrogens is 278 g/mol. The highest BCUT2D eigenvalue weighted by Gasteiger charge is 2.38. The second-order valence-corrected chi connectivity index (χ2v) is 6.22. The zero-order chi connectivity index (χ0) is 14.3. The molecule has 108 valence electrons. The summed E-state index contributed by atoms with van der Waals surface area (Å²) in [4.78, 5) is 13.2. The number of nitro groups is 1. The summed E-state index contributed by atoms with van der Waals surface area (Å²) >= 11 is 5.96. The fourth-order valence-corrected chi connectivity index (χ4v) is 3.70. The van der Waals surface area contributed by atoms with Gasteiger partial charge in [0.2, 0.25) is 0 Å². The molecule has 3 rings (SSSR count). The first-order chi connectivity index (χ1) is 9.54. The average molecular weight is 296 g/mol. The number of anilines is 1. The van der Waals surface area contributed by atoms with E-state index in [1.807, 2.05) is 0 Å². The second-order valence-electron chi connectivity index (χ2n) is 5.78. The summed E-state index contributed by atoms with van der Waals surface area (Å²) in [7, 11) is 2.18. The summed E-state index contributed by atoms with van der Waals surface area (Å²) in [5, 5.41) is 14.9. The van der Waals surface area contributed by atoms with Gasteiger partial charge in [-0.25, -0.2) is 0 Å². The molecule has 1 aromatic carbocycles. The van der Waals surface area contributed by atoms with Gasteiger partial charge in [-0.3, -0.25) is 10.1 Å². The number of hydrogen-bond acceptors (Lipinski definition) is 4. The lowest BCUT2D eigenvalue weighted by Gasteiger charge is -2.36. The van der Waals surface area contributed by atoms with Gasteiger partial charge in [0.05, 0.1) is 4.92 Å². The van der Waals surface area contributed by atoms with Gasteiger partial charge >= 0.3 is 0 Å². The number of piperidine rings is 1. The van der Waals surface area contributed by atoms with Crippen LogP contribution in [0.5, 0.6) is 0 Å². The SMILES string of the molecule is CN1C2CCC1CC(Nc1cc(Cl)ccc1[N+](=O)[O-])C2. The summed E-state index contributed by atoms with van der Waals surface area (Å²) in [6.07, 6.45) is 4.54. The molecule has 1 N–H and O–H groups in total. The van der Waals surface area contributed by atoms with Gasteiger partial charge < -0.3 is 10.2 Å². The van der Waals surface area contributed by atoms with Crippen molar-refractivity contribution in [3.8, 4) is 0 Å². The van der Waals surface area contributed by atoms with Crippen molar-refractivity contribution in [2.24, 2.45) is 0 Å². The number of rotatable bonds is 3. The Bertz CT molecular complexity index is 523. The molecule has 0 amide bonds. The summed E-state index contributed by atoms with van der Waals surface area (Å²) in [5.74, 6) is 0. The number of hydrogen-bond donors (Lipinski definition) is 1. The molecule has 2 fully saturated rings. The molecule has 0 radical (unpaired) electrons. The molecule has 2 atom stereocenters. The molecule has 2 heterocycles. The smallest absolute Gasteiger partial charge is 0.292 e. The summed E-state index contributed by atoms with van der Waals surface area (Å²) in [6.45, 7) is 0. The van der Waals surface area contributed by atoms with Gasteiger partial charge in [-0.05, 0) is 44.9 Å². The number of nitrogens with zero attached hydrogens (tertiary/aromatic N) is 2. The predicted octanol–water partition coefficient (Wildman–Crippen LogP) is 3.29. The van der Waals surface area contributed by atoms with Crippen LogP contribution in [-0.4, -0.2) is 35.0 Å². The van der Waals surface area contributed by atoms with Crippen LogP contribution in [0.4, 0.5) is 11.4 Å². The van der Waals surface area contributed by atoms with E-state index in [1.54, 1.807) is 12.1 Å². The molecule has 0 saturated carbocycles. The lowest BCUT2D eigenvalue weighted by atomic mass is 9.97. The Balaban J connectivity index is 1.78. The fourth-order valence-electron chi connectivity index (χ4n) is 3.53.